The Hall–Kier alpha value is -8.30. The first kappa shape index (κ1) is 64.9. The molecule has 84 heavy (non-hydrogen) atoms. The van der Waals surface area contributed by atoms with E-state index in [0.29, 0.717) is 52.5 Å². The summed E-state index contributed by atoms with van der Waals surface area (Å²) >= 11 is 0. The number of carbonyl (C=O) groups is 8. The standard InChI is InChI=1S/C53H65N11O18S2/c1-32-25-34(35-7-10-38(33(2)26-35)58-59-39-11-8-36-41(83(77,78)79)27-42(84(80,81)82)51(54)50(36)52(39)75)6-9-37(32)57-53(76)40(5-3-4-15-55-43(65)14-16-64-45(67)12-13-46(64)68)56-44(66)28-60-17-19-61(29-47(69)70)21-23-63(31-49(73)74)24-22-62(20-18-60)30-48(71)72/h6-13,25-27,40,75H,3-5,14-24,28-31,54H2,1-2H3,(H,55,65)(H,56,66)(H,57,76)(H,69,70)(H,71,72)(H,73,74)(H,77,78,79)(H,80,81,82)/t40-/m1/s1. The number of azo groups is 1. The summed E-state index contributed by atoms with van der Waals surface area (Å²) in [5.74, 6) is -6.75. The molecule has 0 spiro atoms. The smallest absolute Gasteiger partial charge is 0.317 e. The fourth-order valence-electron chi connectivity index (χ4n) is 9.37. The second-order valence-corrected chi connectivity index (χ2v) is 22.8. The highest BCUT2D eigenvalue weighted by molar-refractivity contribution is 7.87. The molecule has 4 aromatic carbocycles. The first-order valence-corrected chi connectivity index (χ1v) is 29.1. The van der Waals surface area contributed by atoms with Crippen molar-refractivity contribution in [2.24, 2.45) is 10.2 Å². The van der Waals surface area contributed by atoms with Gasteiger partial charge < -0.3 is 42.1 Å². The summed E-state index contributed by atoms with van der Waals surface area (Å²) in [6.45, 7) is 3.43. The van der Waals surface area contributed by atoms with Crippen molar-refractivity contribution in [1.29, 1.82) is 0 Å². The summed E-state index contributed by atoms with van der Waals surface area (Å²) in [7, 11) is -10.2. The average Bonchev–Trinajstić information content (AvgIpc) is 1.21. The number of phenolic OH excluding ortho intramolecular Hbond substituents is 1. The molecule has 2 aliphatic heterocycles. The van der Waals surface area contributed by atoms with Crippen LogP contribution in [0, 0.1) is 13.8 Å². The Morgan fingerprint density at radius 3 is 1.62 bits per heavy atom. The molecule has 11 N–H and O–H groups in total. The van der Waals surface area contributed by atoms with Gasteiger partial charge in [0.25, 0.3) is 32.1 Å². The second-order valence-electron chi connectivity index (χ2n) is 20.0. The van der Waals surface area contributed by atoms with E-state index in [1.54, 1.807) is 69.8 Å². The number of hydrogen-bond acceptors (Lipinski definition) is 20. The Morgan fingerprint density at radius 1 is 0.631 bits per heavy atom. The maximum absolute atomic E-state index is 14.2. The van der Waals surface area contributed by atoms with Crippen LogP contribution in [0.15, 0.2) is 86.8 Å². The molecule has 29 nitrogen and oxygen atoms in total. The van der Waals surface area contributed by atoms with Gasteiger partial charge in [-0.25, -0.2) is 0 Å². The molecule has 1 fully saturated rings. The van der Waals surface area contributed by atoms with E-state index in [2.05, 4.69) is 26.2 Å². The van der Waals surface area contributed by atoms with Gasteiger partial charge in [0.1, 0.15) is 21.5 Å². The number of imide groups is 1. The van der Waals surface area contributed by atoms with Crippen molar-refractivity contribution < 1.29 is 84.7 Å². The van der Waals surface area contributed by atoms with Gasteiger partial charge >= 0.3 is 17.9 Å². The molecule has 2 heterocycles. The van der Waals surface area contributed by atoms with E-state index in [1.165, 1.54) is 0 Å². The van der Waals surface area contributed by atoms with Gasteiger partial charge in [0.15, 0.2) is 5.75 Å². The molecule has 0 radical (unpaired) electrons. The van der Waals surface area contributed by atoms with Crippen molar-refractivity contribution in [3.05, 3.63) is 77.9 Å². The lowest BCUT2D eigenvalue weighted by Gasteiger charge is -2.33. The third-order valence-corrected chi connectivity index (χ3v) is 15.6. The SMILES string of the molecule is Cc1cc(-c2ccc(NC(=O)[C@@H](CCCCNC(=O)CCN3C(=O)C=CC3=O)NC(=O)CN3CCN(CC(=O)O)CCN(CC(=O)O)CCN(CC(=O)O)CC3)c(C)c2)ccc1N=Nc1ccc2c(S(=O)(=O)O)cc(S(=O)(=O)O)c(N)c2c1O. The van der Waals surface area contributed by atoms with Crippen LogP contribution in [-0.2, 0) is 58.6 Å². The molecule has 2 aliphatic rings. The van der Waals surface area contributed by atoms with Crippen LogP contribution in [0.3, 0.4) is 0 Å². The van der Waals surface area contributed by atoms with E-state index in [1.807, 2.05) is 0 Å². The number of rotatable bonds is 24. The maximum atomic E-state index is 14.2. The Balaban J connectivity index is 1.17. The van der Waals surface area contributed by atoms with Crippen molar-refractivity contribution in [2.75, 3.05) is 103 Å². The molecule has 1 saturated heterocycles. The lowest BCUT2D eigenvalue weighted by Crippen LogP contribution is -2.51. The Morgan fingerprint density at radius 2 is 1.12 bits per heavy atom. The lowest BCUT2D eigenvalue weighted by atomic mass is 10.00. The van der Waals surface area contributed by atoms with Crippen LogP contribution in [0.4, 0.5) is 22.7 Å². The fourth-order valence-corrected chi connectivity index (χ4v) is 10.8. The van der Waals surface area contributed by atoms with Crippen LogP contribution in [0.1, 0.15) is 36.8 Å². The zero-order valence-corrected chi connectivity index (χ0v) is 47.4. The van der Waals surface area contributed by atoms with Gasteiger partial charge in [-0.1, -0.05) is 18.2 Å². The highest BCUT2D eigenvalue weighted by Crippen LogP contribution is 2.44. The average molecular weight is 1210 g/mol. The molecule has 5 amide bonds. The number of aryl methyl sites for hydroxylation is 2. The number of anilines is 2. The highest BCUT2D eigenvalue weighted by Gasteiger charge is 2.29. The van der Waals surface area contributed by atoms with Crippen molar-refractivity contribution in [2.45, 2.75) is 55.4 Å². The molecule has 1 atom stereocenters. The van der Waals surface area contributed by atoms with Gasteiger partial charge in [-0.15, -0.1) is 5.11 Å². The summed E-state index contributed by atoms with van der Waals surface area (Å²) in [6, 6.07) is 11.9. The number of carbonyl (C=O) groups excluding carboxylic acids is 5. The minimum Gasteiger partial charge on any atom is -0.505 e. The Kier molecular flexibility index (Phi) is 22.2. The van der Waals surface area contributed by atoms with E-state index in [4.69, 9.17) is 5.73 Å². The van der Waals surface area contributed by atoms with Gasteiger partial charge in [-0.05, 0) is 91.8 Å². The molecule has 0 bridgehead atoms. The largest absolute Gasteiger partial charge is 0.505 e. The molecule has 6 rings (SSSR count). The van der Waals surface area contributed by atoms with Crippen LogP contribution in [0.5, 0.6) is 5.75 Å². The van der Waals surface area contributed by atoms with Crippen LogP contribution >= 0.6 is 0 Å². The van der Waals surface area contributed by atoms with Gasteiger partial charge in [0.05, 0.1) is 42.9 Å². The number of nitrogens with two attached hydrogens (primary N) is 1. The number of carboxylic acid groups (broad SMARTS) is 3. The minimum atomic E-state index is -5.13. The summed E-state index contributed by atoms with van der Waals surface area (Å²) in [6.07, 6.45) is 2.88. The van der Waals surface area contributed by atoms with Crippen LogP contribution in [0.25, 0.3) is 21.9 Å². The zero-order chi connectivity index (χ0) is 61.6. The third kappa shape index (κ3) is 18.3. The fraction of sp³-hybridized carbons (Fsp3) is 0.396. The number of phenols is 1. The molecule has 4 aromatic rings. The van der Waals surface area contributed by atoms with Crippen LogP contribution < -0.4 is 21.7 Å². The Bertz CT molecular complexity index is 3460. The Labute approximate surface area is 482 Å². The van der Waals surface area contributed by atoms with Crippen molar-refractivity contribution in [3.63, 3.8) is 0 Å². The summed E-state index contributed by atoms with van der Waals surface area (Å²) < 4.78 is 67.9. The van der Waals surface area contributed by atoms with E-state index in [-0.39, 0.29) is 116 Å². The van der Waals surface area contributed by atoms with E-state index in [0.717, 1.165) is 29.2 Å². The molecule has 0 saturated carbocycles. The number of unbranched alkanes of at least 4 members (excludes halogenated alkanes) is 1. The van der Waals surface area contributed by atoms with E-state index >= 15 is 0 Å². The summed E-state index contributed by atoms with van der Waals surface area (Å²) in [5, 5.41) is 55.8. The number of nitrogens with one attached hydrogen (secondary N) is 3. The molecule has 0 aliphatic carbocycles. The van der Waals surface area contributed by atoms with Crippen LogP contribution in [-0.4, -0.2) is 216 Å². The molecular formula is C53H65N11O18S2. The van der Waals surface area contributed by atoms with Crippen molar-refractivity contribution in [3.8, 4) is 16.9 Å². The highest BCUT2D eigenvalue weighted by atomic mass is 32.2. The zero-order valence-electron chi connectivity index (χ0n) is 45.8. The van der Waals surface area contributed by atoms with Gasteiger partial charge in [-0.3, -0.25) is 72.0 Å². The number of amides is 5. The number of aromatic hydroxyl groups is 1. The second kappa shape index (κ2) is 28.8. The first-order chi connectivity index (χ1) is 39.6. The topological polar surface area (TPSA) is 429 Å². The summed E-state index contributed by atoms with van der Waals surface area (Å²) in [5.41, 5.74) is 8.30. The number of carboxylic acids is 3. The number of benzene rings is 4. The quantitative estimate of drug-likeness (QED) is 0.0157. The van der Waals surface area contributed by atoms with Gasteiger partial charge in [0, 0.05) is 95.1 Å². The van der Waals surface area contributed by atoms with Crippen molar-refractivity contribution >= 4 is 101 Å². The van der Waals surface area contributed by atoms with E-state index < -0.39 is 100 Å². The predicted molar refractivity (Wildman–Crippen MR) is 302 cm³/mol. The monoisotopic (exact) mass is 1210 g/mol. The normalized spacial score (nSPS) is 15.9. The van der Waals surface area contributed by atoms with Gasteiger partial charge in [-0.2, -0.15) is 21.9 Å². The van der Waals surface area contributed by atoms with Crippen molar-refractivity contribution in [1.82, 2.24) is 35.1 Å². The number of aliphatic carboxylic acids is 3. The third-order valence-electron chi connectivity index (χ3n) is 13.8. The lowest BCUT2D eigenvalue weighted by molar-refractivity contribution is -0.140. The summed E-state index contributed by atoms with van der Waals surface area (Å²) in [4.78, 5) is 105. The predicted octanol–water partition coefficient (Wildman–Crippen LogP) is 1.82. The number of nitrogen functional groups attached to an aromatic ring is 1. The minimum absolute atomic E-state index is 0.0973. The molecule has 0 unspecified atom stereocenters. The number of hydrogen-bond donors (Lipinski definition) is 10. The molecule has 452 valence electrons. The number of fused-ring (bicyclic) bond motifs is 1. The van der Waals surface area contributed by atoms with Gasteiger partial charge in [0.2, 0.25) is 17.7 Å². The molecular weight excluding hydrogens is 1140 g/mol. The van der Waals surface area contributed by atoms with Crippen LogP contribution in [0.2, 0.25) is 0 Å². The molecule has 31 heteroatoms. The maximum Gasteiger partial charge on any atom is 0.317 e. The van der Waals surface area contributed by atoms with E-state index in [9.17, 15) is 84.7 Å². The first-order valence-electron chi connectivity index (χ1n) is 26.2. The number of nitrogens with zero attached hydrogens (tertiary/aromatic N) is 7. The molecule has 0 aromatic heterocycles.